The van der Waals surface area contributed by atoms with Crippen molar-refractivity contribution in [1.82, 2.24) is 0 Å². The summed E-state index contributed by atoms with van der Waals surface area (Å²) < 4.78 is 0. The van der Waals surface area contributed by atoms with E-state index in [-0.39, 0.29) is 39.6 Å². The fourth-order valence-electron chi connectivity index (χ4n) is 9.43. The van der Waals surface area contributed by atoms with Gasteiger partial charge >= 0.3 is 5.97 Å². The van der Waals surface area contributed by atoms with Crippen LogP contribution in [-0.4, -0.2) is 22.3 Å². The van der Waals surface area contributed by atoms with Crippen LogP contribution in [0.1, 0.15) is 106 Å². The van der Waals surface area contributed by atoms with Crippen LogP contribution in [0, 0.1) is 45.3 Å². The second kappa shape index (κ2) is 8.25. The molecular formula is C30H48O3. The Labute approximate surface area is 202 Å². The van der Waals surface area contributed by atoms with Gasteiger partial charge in [-0.15, -0.1) is 0 Å². The summed E-state index contributed by atoms with van der Waals surface area (Å²) in [7, 11) is 0. The van der Waals surface area contributed by atoms with Crippen molar-refractivity contribution < 1.29 is 15.0 Å². The van der Waals surface area contributed by atoms with E-state index in [4.69, 9.17) is 0 Å². The molecule has 3 saturated carbocycles. The topological polar surface area (TPSA) is 57.5 Å². The minimum absolute atomic E-state index is 0.0474. The monoisotopic (exact) mass is 456 g/mol. The largest absolute Gasteiger partial charge is 0.481 e. The first-order valence-electron chi connectivity index (χ1n) is 13.5. The molecule has 4 aliphatic rings. The van der Waals surface area contributed by atoms with E-state index in [1.165, 1.54) is 12.0 Å². The zero-order chi connectivity index (χ0) is 24.4. The fraction of sp³-hybridized carbons (Fsp3) is 0.833. The third kappa shape index (κ3) is 3.58. The maximum absolute atomic E-state index is 12.4. The van der Waals surface area contributed by atoms with Gasteiger partial charge in [0.15, 0.2) is 0 Å². The molecule has 0 aliphatic heterocycles. The Morgan fingerprint density at radius 3 is 2.42 bits per heavy atom. The lowest BCUT2D eigenvalue weighted by molar-refractivity contribution is -0.149. The van der Waals surface area contributed by atoms with Gasteiger partial charge in [-0.2, -0.15) is 0 Å². The van der Waals surface area contributed by atoms with E-state index < -0.39 is 5.97 Å². The van der Waals surface area contributed by atoms with Crippen molar-refractivity contribution in [3.8, 4) is 0 Å². The van der Waals surface area contributed by atoms with Crippen molar-refractivity contribution in [2.75, 3.05) is 0 Å². The molecule has 3 nitrogen and oxygen atoms in total. The van der Waals surface area contributed by atoms with E-state index in [1.807, 2.05) is 0 Å². The summed E-state index contributed by atoms with van der Waals surface area (Å²) in [6, 6.07) is 0. The number of carboxylic acid groups (broad SMARTS) is 1. The molecule has 3 heteroatoms. The molecule has 0 amide bonds. The highest BCUT2D eigenvalue weighted by molar-refractivity contribution is 5.70. The minimum atomic E-state index is -0.595. The lowest BCUT2D eigenvalue weighted by Crippen LogP contribution is -2.58. The Balaban J connectivity index is 1.67. The molecule has 0 radical (unpaired) electrons. The number of carbonyl (C=O) groups is 1. The first-order chi connectivity index (χ1) is 15.3. The number of hydrogen-bond acceptors (Lipinski definition) is 2. The van der Waals surface area contributed by atoms with Gasteiger partial charge in [0.05, 0.1) is 12.0 Å². The Morgan fingerprint density at radius 1 is 1.09 bits per heavy atom. The molecule has 4 aliphatic carbocycles. The number of aliphatic hydroxyl groups excluding tert-OH is 1. The molecule has 0 saturated heterocycles. The number of aliphatic carboxylic acids is 1. The molecule has 0 unspecified atom stereocenters. The van der Waals surface area contributed by atoms with Gasteiger partial charge in [-0.1, -0.05) is 57.9 Å². The van der Waals surface area contributed by atoms with Gasteiger partial charge in [0.2, 0.25) is 0 Å². The van der Waals surface area contributed by atoms with Crippen molar-refractivity contribution in [2.24, 2.45) is 45.3 Å². The van der Waals surface area contributed by atoms with Gasteiger partial charge in [-0.25, -0.2) is 0 Å². The molecule has 0 bridgehead atoms. The first kappa shape index (κ1) is 25.0. The van der Waals surface area contributed by atoms with Crippen molar-refractivity contribution in [1.29, 1.82) is 0 Å². The van der Waals surface area contributed by atoms with Crippen LogP contribution in [0.2, 0.25) is 0 Å². The third-order valence-electron chi connectivity index (χ3n) is 11.7. The number of hydrogen-bond donors (Lipinski definition) is 2. The summed E-state index contributed by atoms with van der Waals surface area (Å²) in [6.07, 6.45) is 13.7. The number of aliphatic hydroxyl groups is 1. The molecule has 33 heavy (non-hydrogen) atoms. The van der Waals surface area contributed by atoms with Gasteiger partial charge in [0.1, 0.15) is 0 Å². The predicted molar refractivity (Wildman–Crippen MR) is 135 cm³/mol. The zero-order valence-electron chi connectivity index (χ0n) is 22.2. The standard InChI is InChI=1S/C30H48O3/c1-19(2)9-8-10-20(26(32)33)21-13-17-30(7)23-11-12-24-27(3,4)25(31)15-16-28(24,5)22(23)14-18-29(21,30)6/h9,11,20-22,24-25,31H,8,10,12-18H2,1-7H3,(H,32,33)/t20-,21-,22-,24-,25+,28+,29-,30+/m1/s1. The van der Waals surface area contributed by atoms with E-state index >= 15 is 0 Å². The highest BCUT2D eigenvalue weighted by atomic mass is 16.4. The third-order valence-corrected chi connectivity index (χ3v) is 11.7. The molecule has 0 aromatic rings. The summed E-state index contributed by atoms with van der Waals surface area (Å²) >= 11 is 0. The van der Waals surface area contributed by atoms with Gasteiger partial charge in [-0.3, -0.25) is 4.79 Å². The number of carboxylic acids is 1. The van der Waals surface area contributed by atoms with Crippen molar-refractivity contribution in [2.45, 2.75) is 112 Å². The first-order valence-corrected chi connectivity index (χ1v) is 13.5. The summed E-state index contributed by atoms with van der Waals surface area (Å²) in [6.45, 7) is 16.2. The summed E-state index contributed by atoms with van der Waals surface area (Å²) in [4.78, 5) is 12.4. The smallest absolute Gasteiger partial charge is 0.306 e. The minimum Gasteiger partial charge on any atom is -0.481 e. The van der Waals surface area contributed by atoms with E-state index in [9.17, 15) is 15.0 Å². The fourth-order valence-corrected chi connectivity index (χ4v) is 9.43. The lowest BCUT2D eigenvalue weighted by atomic mass is 9.41. The normalized spacial score (nSPS) is 44.7. The average molecular weight is 457 g/mol. The molecule has 0 spiro atoms. The SMILES string of the molecule is CC(C)=CCC[C@@H](C(=O)O)[C@H]1CC[C@@]2(C)C3=CC[C@@H]4C(C)(C)[C@@H](O)CC[C@@]4(C)[C@@H]3CC[C@]12C. The van der Waals surface area contributed by atoms with Crippen molar-refractivity contribution in [3.05, 3.63) is 23.3 Å². The Bertz CT molecular complexity index is 849. The second-order valence-electron chi connectivity index (χ2n) is 13.6. The summed E-state index contributed by atoms with van der Waals surface area (Å²) in [5.41, 5.74) is 3.27. The summed E-state index contributed by atoms with van der Waals surface area (Å²) in [5, 5.41) is 21.0. The second-order valence-corrected chi connectivity index (χ2v) is 13.6. The van der Waals surface area contributed by atoms with Crippen LogP contribution in [0.5, 0.6) is 0 Å². The molecule has 186 valence electrons. The Kier molecular flexibility index (Phi) is 6.25. The van der Waals surface area contributed by atoms with E-state index in [0.717, 1.165) is 51.4 Å². The molecule has 2 N–H and O–H groups in total. The average Bonchev–Trinajstić information content (AvgIpc) is 3.00. The van der Waals surface area contributed by atoms with E-state index in [2.05, 4.69) is 60.6 Å². The van der Waals surface area contributed by atoms with Crippen LogP contribution in [0.4, 0.5) is 0 Å². The van der Waals surface area contributed by atoms with Gasteiger partial charge < -0.3 is 10.2 Å². The Morgan fingerprint density at radius 2 is 1.79 bits per heavy atom. The number of fused-ring (bicyclic) bond motifs is 5. The number of rotatable bonds is 5. The molecular weight excluding hydrogens is 408 g/mol. The van der Waals surface area contributed by atoms with Crippen molar-refractivity contribution in [3.63, 3.8) is 0 Å². The highest BCUT2D eigenvalue weighted by Crippen LogP contribution is 2.73. The Hall–Kier alpha value is -1.09. The van der Waals surface area contributed by atoms with E-state index in [0.29, 0.717) is 11.8 Å². The van der Waals surface area contributed by atoms with Crippen LogP contribution in [0.25, 0.3) is 0 Å². The van der Waals surface area contributed by atoms with Gasteiger partial charge in [0, 0.05) is 0 Å². The van der Waals surface area contributed by atoms with Crippen LogP contribution < -0.4 is 0 Å². The molecule has 3 fully saturated rings. The molecule has 4 rings (SSSR count). The molecule has 0 heterocycles. The van der Waals surface area contributed by atoms with Crippen LogP contribution >= 0.6 is 0 Å². The quantitative estimate of drug-likeness (QED) is 0.424. The van der Waals surface area contributed by atoms with E-state index in [1.54, 1.807) is 5.57 Å². The van der Waals surface area contributed by atoms with Crippen molar-refractivity contribution >= 4 is 5.97 Å². The van der Waals surface area contributed by atoms with Crippen LogP contribution in [-0.2, 0) is 4.79 Å². The molecule has 0 aromatic carbocycles. The van der Waals surface area contributed by atoms with Crippen LogP contribution in [0.15, 0.2) is 23.3 Å². The zero-order valence-corrected chi connectivity index (χ0v) is 22.2. The number of allylic oxidation sites excluding steroid dienone is 4. The molecule has 8 atom stereocenters. The molecule has 0 aromatic heterocycles. The predicted octanol–water partition coefficient (Wildman–Crippen LogP) is 7.40. The maximum atomic E-state index is 12.4. The highest BCUT2D eigenvalue weighted by Gasteiger charge is 2.65. The maximum Gasteiger partial charge on any atom is 0.306 e. The van der Waals surface area contributed by atoms with Crippen LogP contribution in [0.3, 0.4) is 0 Å². The van der Waals surface area contributed by atoms with Gasteiger partial charge in [0.25, 0.3) is 0 Å². The lowest BCUT2D eigenvalue weighted by Gasteiger charge is -2.64. The summed E-state index contributed by atoms with van der Waals surface area (Å²) in [5.74, 6) is 0.502. The van der Waals surface area contributed by atoms with Gasteiger partial charge in [-0.05, 0) is 111 Å².